The Morgan fingerprint density at radius 3 is 2.30 bits per heavy atom. The average molecular weight is 267 g/mol. The minimum absolute atomic E-state index is 0.696. The van der Waals surface area contributed by atoms with Crippen molar-refractivity contribution in [2.45, 2.75) is 27.7 Å². The summed E-state index contributed by atoms with van der Waals surface area (Å²) in [6, 6.07) is 6.34. The van der Waals surface area contributed by atoms with E-state index in [2.05, 4.69) is 57.3 Å². The zero-order chi connectivity index (χ0) is 14.3. The van der Waals surface area contributed by atoms with E-state index < -0.39 is 0 Å². The maximum absolute atomic E-state index is 4.48. The van der Waals surface area contributed by atoms with Gasteiger partial charge in [0.25, 0.3) is 0 Å². The van der Waals surface area contributed by atoms with Gasteiger partial charge in [-0.2, -0.15) is 0 Å². The summed E-state index contributed by atoms with van der Waals surface area (Å²) in [6.07, 6.45) is 0. The number of aromatic amines is 1. The number of imidazole rings is 1. The van der Waals surface area contributed by atoms with Crippen LogP contribution in [0.5, 0.6) is 0 Å². The van der Waals surface area contributed by atoms with Crippen molar-refractivity contribution in [3.63, 3.8) is 0 Å². The van der Waals surface area contributed by atoms with Crippen LogP contribution in [0.15, 0.2) is 18.2 Å². The van der Waals surface area contributed by atoms with Crippen LogP contribution in [-0.4, -0.2) is 19.9 Å². The topological polar surface area (TPSA) is 66.5 Å². The van der Waals surface area contributed by atoms with Crippen LogP contribution >= 0.6 is 0 Å². The Morgan fingerprint density at radius 1 is 0.900 bits per heavy atom. The van der Waals surface area contributed by atoms with Crippen LogP contribution in [0, 0.1) is 27.7 Å². The third-order valence-corrected chi connectivity index (χ3v) is 3.07. The molecule has 3 rings (SSSR count). The van der Waals surface area contributed by atoms with E-state index >= 15 is 0 Å². The summed E-state index contributed by atoms with van der Waals surface area (Å²) in [5.41, 5.74) is 4.99. The normalized spacial score (nSPS) is 11.0. The lowest BCUT2D eigenvalue weighted by atomic mass is 10.1. The number of nitrogens with zero attached hydrogens (tertiary/aromatic N) is 3. The number of nitrogens with one attached hydrogen (secondary N) is 2. The number of hydrogen-bond acceptors (Lipinski definition) is 4. The molecule has 5 nitrogen and oxygen atoms in total. The third-order valence-electron chi connectivity index (χ3n) is 3.07. The van der Waals surface area contributed by atoms with Crippen LogP contribution in [-0.2, 0) is 0 Å². The number of benzene rings is 1. The van der Waals surface area contributed by atoms with Crippen molar-refractivity contribution in [3.05, 3.63) is 41.0 Å². The number of hydrogen-bond donors (Lipinski definition) is 2. The quantitative estimate of drug-likeness (QED) is 0.747. The van der Waals surface area contributed by atoms with E-state index in [1.807, 2.05) is 13.8 Å². The van der Waals surface area contributed by atoms with Crippen LogP contribution in [0.2, 0.25) is 0 Å². The van der Waals surface area contributed by atoms with Gasteiger partial charge in [-0.1, -0.05) is 6.07 Å². The van der Waals surface area contributed by atoms with Crippen molar-refractivity contribution in [1.82, 2.24) is 19.9 Å². The monoisotopic (exact) mass is 267 g/mol. The summed E-state index contributed by atoms with van der Waals surface area (Å²) in [6.45, 7) is 7.95. The number of anilines is 2. The lowest BCUT2D eigenvalue weighted by Gasteiger charge is -2.09. The second kappa shape index (κ2) is 4.59. The van der Waals surface area contributed by atoms with Crippen LogP contribution in [0.1, 0.15) is 22.8 Å². The van der Waals surface area contributed by atoms with Crippen LogP contribution in [0.25, 0.3) is 11.2 Å². The summed E-state index contributed by atoms with van der Waals surface area (Å²) < 4.78 is 0. The standard InChI is InChI=1S/C15H17N5/c1-8-5-9(2)7-12(6-8)20-15-13-14(17-10(3)16-13)18-11(4)19-15/h5-7H,1-4H3,(H2,16,17,18,19,20). The third kappa shape index (κ3) is 2.34. The fourth-order valence-corrected chi connectivity index (χ4v) is 2.40. The smallest absolute Gasteiger partial charge is 0.183 e. The summed E-state index contributed by atoms with van der Waals surface area (Å²) in [5, 5.41) is 3.36. The largest absolute Gasteiger partial charge is 0.338 e. The fraction of sp³-hybridized carbons (Fsp3) is 0.267. The molecule has 102 valence electrons. The first kappa shape index (κ1) is 12.6. The van der Waals surface area contributed by atoms with Gasteiger partial charge in [-0.15, -0.1) is 0 Å². The Balaban J connectivity index is 2.09. The number of rotatable bonds is 2. The Labute approximate surface area is 117 Å². The Hall–Kier alpha value is -2.43. The number of aryl methyl sites for hydroxylation is 4. The van der Waals surface area contributed by atoms with E-state index in [9.17, 15) is 0 Å². The molecule has 0 atom stereocenters. The van der Waals surface area contributed by atoms with Gasteiger partial charge >= 0.3 is 0 Å². The zero-order valence-corrected chi connectivity index (χ0v) is 12.1. The molecule has 0 spiro atoms. The van der Waals surface area contributed by atoms with E-state index in [4.69, 9.17) is 0 Å². The van der Waals surface area contributed by atoms with Gasteiger partial charge in [0.05, 0.1) is 0 Å². The molecule has 0 amide bonds. The second-order valence-electron chi connectivity index (χ2n) is 5.14. The molecule has 0 aliphatic carbocycles. The van der Waals surface area contributed by atoms with E-state index in [0.29, 0.717) is 11.5 Å². The van der Waals surface area contributed by atoms with Gasteiger partial charge in [-0.25, -0.2) is 15.0 Å². The van der Waals surface area contributed by atoms with Gasteiger partial charge in [0.15, 0.2) is 11.5 Å². The SMILES string of the molecule is Cc1cc(C)cc(Nc2nc(C)nc3nc(C)[nH]c23)c1. The summed E-state index contributed by atoms with van der Waals surface area (Å²) in [5.74, 6) is 2.30. The van der Waals surface area contributed by atoms with E-state index in [1.165, 1.54) is 11.1 Å². The van der Waals surface area contributed by atoms with Gasteiger partial charge in [0.1, 0.15) is 17.2 Å². The zero-order valence-electron chi connectivity index (χ0n) is 12.1. The number of fused-ring (bicyclic) bond motifs is 1. The summed E-state index contributed by atoms with van der Waals surface area (Å²) in [4.78, 5) is 16.4. The summed E-state index contributed by atoms with van der Waals surface area (Å²) in [7, 11) is 0. The van der Waals surface area contributed by atoms with E-state index in [-0.39, 0.29) is 0 Å². The highest BCUT2D eigenvalue weighted by molar-refractivity contribution is 5.85. The first-order chi connectivity index (χ1) is 9.51. The van der Waals surface area contributed by atoms with Crippen molar-refractivity contribution >= 4 is 22.7 Å². The van der Waals surface area contributed by atoms with Gasteiger partial charge in [0, 0.05) is 5.69 Å². The number of H-pyrrole nitrogens is 1. The van der Waals surface area contributed by atoms with Gasteiger partial charge in [-0.3, -0.25) is 0 Å². The molecule has 2 N–H and O–H groups in total. The van der Waals surface area contributed by atoms with Crippen LogP contribution in [0.3, 0.4) is 0 Å². The second-order valence-corrected chi connectivity index (χ2v) is 5.14. The molecule has 0 saturated heterocycles. The molecule has 0 aliphatic heterocycles. The first-order valence-corrected chi connectivity index (χ1v) is 6.57. The molecule has 0 unspecified atom stereocenters. The highest BCUT2D eigenvalue weighted by Crippen LogP contribution is 2.23. The molecule has 0 saturated carbocycles. The van der Waals surface area contributed by atoms with Crippen molar-refractivity contribution in [2.24, 2.45) is 0 Å². The molecular weight excluding hydrogens is 250 g/mol. The molecule has 3 aromatic rings. The predicted octanol–water partition coefficient (Wildman–Crippen LogP) is 3.33. The molecule has 2 heterocycles. The molecule has 1 aromatic carbocycles. The Bertz CT molecular complexity index is 768. The Kier molecular flexibility index (Phi) is 2.89. The molecule has 2 aromatic heterocycles. The van der Waals surface area contributed by atoms with E-state index in [1.54, 1.807) is 0 Å². The summed E-state index contributed by atoms with van der Waals surface area (Å²) >= 11 is 0. The van der Waals surface area contributed by atoms with Gasteiger partial charge in [-0.05, 0) is 51.0 Å². The molecule has 5 heteroatoms. The lowest BCUT2D eigenvalue weighted by Crippen LogP contribution is -1.99. The maximum Gasteiger partial charge on any atom is 0.183 e. The molecule has 0 bridgehead atoms. The van der Waals surface area contributed by atoms with Gasteiger partial charge in [0.2, 0.25) is 0 Å². The van der Waals surface area contributed by atoms with E-state index in [0.717, 1.165) is 22.8 Å². The maximum atomic E-state index is 4.48. The fourth-order valence-electron chi connectivity index (χ4n) is 2.40. The predicted molar refractivity (Wildman–Crippen MR) is 80.4 cm³/mol. The van der Waals surface area contributed by atoms with Crippen molar-refractivity contribution in [2.75, 3.05) is 5.32 Å². The van der Waals surface area contributed by atoms with Crippen LogP contribution in [0.4, 0.5) is 11.5 Å². The molecule has 0 radical (unpaired) electrons. The van der Waals surface area contributed by atoms with Gasteiger partial charge < -0.3 is 10.3 Å². The van der Waals surface area contributed by atoms with Crippen LogP contribution < -0.4 is 5.32 Å². The minimum Gasteiger partial charge on any atom is -0.338 e. The number of aromatic nitrogens is 4. The van der Waals surface area contributed by atoms with Crippen molar-refractivity contribution in [1.29, 1.82) is 0 Å². The Morgan fingerprint density at radius 2 is 1.60 bits per heavy atom. The average Bonchev–Trinajstić information content (AvgIpc) is 2.68. The molecule has 20 heavy (non-hydrogen) atoms. The molecular formula is C15H17N5. The highest BCUT2D eigenvalue weighted by Gasteiger charge is 2.10. The lowest BCUT2D eigenvalue weighted by molar-refractivity contribution is 1.08. The highest BCUT2D eigenvalue weighted by atomic mass is 15.1. The first-order valence-electron chi connectivity index (χ1n) is 6.57. The van der Waals surface area contributed by atoms with Crippen molar-refractivity contribution in [3.8, 4) is 0 Å². The van der Waals surface area contributed by atoms with Crippen molar-refractivity contribution < 1.29 is 0 Å². The molecule has 0 fully saturated rings. The molecule has 0 aliphatic rings. The minimum atomic E-state index is 0.696.